The third-order valence-electron chi connectivity index (χ3n) is 6.07. The van der Waals surface area contributed by atoms with Crippen molar-refractivity contribution in [3.8, 4) is 0 Å². The Labute approximate surface area is 231 Å². The smallest absolute Gasteiger partial charge is 0.326 e. The molecule has 16 heteroatoms. The molecule has 4 unspecified atom stereocenters. The van der Waals surface area contributed by atoms with Crippen LogP contribution >= 0.6 is 0 Å². The molecule has 3 amide bonds. The van der Waals surface area contributed by atoms with Crippen molar-refractivity contribution in [1.29, 1.82) is 0 Å². The van der Waals surface area contributed by atoms with Crippen LogP contribution in [-0.4, -0.2) is 90.1 Å². The number of nitrogens with two attached hydrogens (primary N) is 1. The van der Waals surface area contributed by atoms with Gasteiger partial charge in [-0.1, -0.05) is 18.2 Å². The van der Waals surface area contributed by atoms with Crippen LogP contribution in [0.5, 0.6) is 0 Å². The molecule has 0 saturated heterocycles. The van der Waals surface area contributed by atoms with Crippen LogP contribution in [0.2, 0.25) is 0 Å². The van der Waals surface area contributed by atoms with E-state index in [1.54, 1.807) is 6.20 Å². The average molecular weight is 572 g/mol. The summed E-state index contributed by atoms with van der Waals surface area (Å²) in [4.78, 5) is 82.3. The normalized spacial score (nSPS) is 13.9. The molecule has 0 saturated carbocycles. The van der Waals surface area contributed by atoms with Crippen LogP contribution in [-0.2, 0) is 41.6 Å². The second kappa shape index (κ2) is 13.7. The van der Waals surface area contributed by atoms with Gasteiger partial charge in [-0.2, -0.15) is 0 Å². The van der Waals surface area contributed by atoms with Gasteiger partial charge in [0.05, 0.1) is 25.2 Å². The zero-order valence-corrected chi connectivity index (χ0v) is 21.5. The van der Waals surface area contributed by atoms with Crippen LogP contribution in [0.3, 0.4) is 0 Å². The van der Waals surface area contributed by atoms with E-state index < -0.39 is 72.6 Å². The van der Waals surface area contributed by atoms with E-state index in [9.17, 15) is 39.0 Å². The van der Waals surface area contributed by atoms with Gasteiger partial charge >= 0.3 is 17.9 Å². The van der Waals surface area contributed by atoms with E-state index in [-0.39, 0.29) is 12.8 Å². The number of aliphatic carboxylic acids is 3. The van der Waals surface area contributed by atoms with Gasteiger partial charge in [0, 0.05) is 35.4 Å². The first kappa shape index (κ1) is 30.3. The highest BCUT2D eigenvalue weighted by molar-refractivity contribution is 5.96. The first-order valence-electron chi connectivity index (χ1n) is 12.3. The number of carboxylic acid groups (broad SMARTS) is 3. The molecule has 2 heterocycles. The van der Waals surface area contributed by atoms with Crippen molar-refractivity contribution in [2.45, 2.75) is 49.9 Å². The molecule has 3 aromatic rings. The highest BCUT2D eigenvalue weighted by atomic mass is 16.4. The third-order valence-corrected chi connectivity index (χ3v) is 6.07. The van der Waals surface area contributed by atoms with Crippen LogP contribution in [0.4, 0.5) is 0 Å². The molecule has 0 fully saturated rings. The summed E-state index contributed by atoms with van der Waals surface area (Å²) in [5.74, 6) is -7.62. The van der Waals surface area contributed by atoms with Gasteiger partial charge in [-0.05, 0) is 18.1 Å². The maximum Gasteiger partial charge on any atom is 0.326 e. The maximum absolute atomic E-state index is 13.2. The van der Waals surface area contributed by atoms with E-state index in [4.69, 9.17) is 10.8 Å². The molecule has 218 valence electrons. The van der Waals surface area contributed by atoms with Gasteiger partial charge in [0.15, 0.2) is 0 Å². The number of para-hydroxylation sites is 1. The molecule has 0 aliphatic heterocycles. The van der Waals surface area contributed by atoms with E-state index in [0.717, 1.165) is 16.5 Å². The zero-order chi connectivity index (χ0) is 30.1. The Bertz CT molecular complexity index is 1420. The number of carbonyl (C=O) groups is 6. The molecule has 1 aromatic carbocycles. The Hall–Kier alpha value is -5.25. The second-order valence-electron chi connectivity index (χ2n) is 9.17. The fraction of sp³-hybridized carbons (Fsp3) is 0.320. The number of benzene rings is 1. The lowest BCUT2D eigenvalue weighted by Crippen LogP contribution is -2.58. The number of aromatic nitrogens is 3. The van der Waals surface area contributed by atoms with E-state index in [0.29, 0.717) is 5.69 Å². The number of carbonyl (C=O) groups excluding carboxylic acids is 3. The lowest BCUT2D eigenvalue weighted by molar-refractivity contribution is -0.148. The molecule has 0 aliphatic rings. The highest BCUT2D eigenvalue weighted by Crippen LogP contribution is 2.19. The summed E-state index contributed by atoms with van der Waals surface area (Å²) in [6.07, 6.45) is 2.49. The minimum absolute atomic E-state index is 0.123. The Kier molecular flexibility index (Phi) is 10.1. The monoisotopic (exact) mass is 571 g/mol. The number of carboxylic acids is 3. The van der Waals surface area contributed by atoms with Crippen molar-refractivity contribution < 1.29 is 44.1 Å². The van der Waals surface area contributed by atoms with Gasteiger partial charge in [-0.15, -0.1) is 0 Å². The van der Waals surface area contributed by atoms with Crippen LogP contribution in [0, 0.1) is 0 Å². The summed E-state index contributed by atoms with van der Waals surface area (Å²) in [6.45, 7) is 0. The van der Waals surface area contributed by atoms with Crippen molar-refractivity contribution in [2.24, 2.45) is 5.73 Å². The van der Waals surface area contributed by atoms with Gasteiger partial charge < -0.3 is 47.0 Å². The van der Waals surface area contributed by atoms with Gasteiger partial charge in [-0.25, -0.2) is 9.78 Å². The van der Waals surface area contributed by atoms with E-state index >= 15 is 0 Å². The molecule has 4 atom stereocenters. The van der Waals surface area contributed by atoms with E-state index in [2.05, 4.69) is 25.6 Å². The second-order valence-corrected chi connectivity index (χ2v) is 9.17. The number of nitrogens with zero attached hydrogens (tertiary/aromatic N) is 1. The predicted octanol–water partition coefficient (Wildman–Crippen LogP) is -1.51. The summed E-state index contributed by atoms with van der Waals surface area (Å²) in [5.41, 5.74) is 8.17. The molecule has 16 nitrogen and oxygen atoms in total. The fourth-order valence-corrected chi connectivity index (χ4v) is 4.04. The minimum Gasteiger partial charge on any atom is -0.481 e. The van der Waals surface area contributed by atoms with Crippen LogP contribution in [0.1, 0.15) is 24.1 Å². The first-order valence-corrected chi connectivity index (χ1v) is 12.3. The summed E-state index contributed by atoms with van der Waals surface area (Å²) in [7, 11) is 0. The third kappa shape index (κ3) is 8.62. The zero-order valence-electron chi connectivity index (χ0n) is 21.5. The van der Waals surface area contributed by atoms with Gasteiger partial charge in [0.1, 0.15) is 18.1 Å². The van der Waals surface area contributed by atoms with E-state index in [1.165, 1.54) is 12.5 Å². The number of amides is 3. The maximum atomic E-state index is 13.2. The van der Waals surface area contributed by atoms with Gasteiger partial charge in [0.2, 0.25) is 17.7 Å². The summed E-state index contributed by atoms with van der Waals surface area (Å²) in [5, 5.41) is 34.8. The molecule has 0 spiro atoms. The molecule has 2 aromatic heterocycles. The number of hydrogen-bond donors (Lipinski definition) is 9. The van der Waals surface area contributed by atoms with Crippen molar-refractivity contribution in [1.82, 2.24) is 30.9 Å². The summed E-state index contributed by atoms with van der Waals surface area (Å²) in [6, 6.07) is 1.29. The van der Waals surface area contributed by atoms with Crippen LogP contribution in [0.25, 0.3) is 10.9 Å². The number of imidazole rings is 1. The Balaban J connectivity index is 1.75. The molecule has 3 rings (SSSR count). The van der Waals surface area contributed by atoms with Crippen molar-refractivity contribution in [3.63, 3.8) is 0 Å². The largest absolute Gasteiger partial charge is 0.481 e. The average Bonchev–Trinajstić information content (AvgIpc) is 3.57. The Morgan fingerprint density at radius 2 is 1.41 bits per heavy atom. The standard InChI is InChI=1S/C25H29N7O9/c26-15(5-12-9-28-16-4-2-1-3-14(12)16)22(37)30-17(6-13-10-27-11-29-13)23(38)31-18(7-20(33)34)24(39)32-19(25(40)41)8-21(35)36/h1-4,9-11,15,17-19,28H,5-8,26H2,(H,27,29)(H,30,37)(H,31,38)(H,32,39)(H,33,34)(H,35,36)(H,40,41). The van der Waals surface area contributed by atoms with E-state index in [1.807, 2.05) is 29.6 Å². The quantitative estimate of drug-likeness (QED) is 0.101. The van der Waals surface area contributed by atoms with Gasteiger partial charge in [0.25, 0.3) is 0 Å². The van der Waals surface area contributed by atoms with Crippen molar-refractivity contribution in [2.75, 3.05) is 0 Å². The van der Waals surface area contributed by atoms with Crippen molar-refractivity contribution in [3.05, 3.63) is 54.2 Å². The highest BCUT2D eigenvalue weighted by Gasteiger charge is 2.32. The molecular formula is C25H29N7O9. The lowest BCUT2D eigenvalue weighted by Gasteiger charge is -2.24. The number of aromatic amines is 2. The summed E-state index contributed by atoms with van der Waals surface area (Å²) < 4.78 is 0. The fourth-order valence-electron chi connectivity index (χ4n) is 4.04. The number of H-pyrrole nitrogens is 2. The number of hydrogen-bond acceptors (Lipinski definition) is 8. The topological polar surface area (TPSA) is 270 Å². The SMILES string of the molecule is NC(Cc1c[nH]c2ccccc12)C(=O)NC(Cc1cnc[nH]1)C(=O)NC(CC(=O)O)C(=O)NC(CC(=O)O)C(=O)O. The number of rotatable bonds is 15. The summed E-state index contributed by atoms with van der Waals surface area (Å²) >= 11 is 0. The Morgan fingerprint density at radius 1 is 0.805 bits per heavy atom. The van der Waals surface area contributed by atoms with Gasteiger partial charge in [-0.3, -0.25) is 24.0 Å². The number of nitrogens with one attached hydrogen (secondary N) is 5. The van der Waals surface area contributed by atoms with Crippen LogP contribution < -0.4 is 21.7 Å². The number of fused-ring (bicyclic) bond motifs is 1. The first-order chi connectivity index (χ1) is 19.4. The molecule has 10 N–H and O–H groups in total. The van der Waals surface area contributed by atoms with Crippen LogP contribution in [0.15, 0.2) is 43.0 Å². The van der Waals surface area contributed by atoms with Crippen molar-refractivity contribution >= 4 is 46.5 Å². The molecule has 0 aliphatic carbocycles. The molecule has 41 heavy (non-hydrogen) atoms. The molecular weight excluding hydrogens is 542 g/mol. The lowest BCUT2D eigenvalue weighted by atomic mass is 10.0. The minimum atomic E-state index is -1.88. The molecule has 0 bridgehead atoms. The predicted molar refractivity (Wildman–Crippen MR) is 140 cm³/mol. The molecule has 0 radical (unpaired) electrons. The Morgan fingerprint density at radius 3 is 2.05 bits per heavy atom.